The molecule has 2 aromatic heterocycles. The third-order valence-corrected chi connectivity index (χ3v) is 5.68. The van der Waals surface area contributed by atoms with Crippen LogP contribution in [0.4, 0.5) is 11.5 Å². The topological polar surface area (TPSA) is 87.2 Å². The van der Waals surface area contributed by atoms with Crippen molar-refractivity contribution in [2.75, 3.05) is 23.3 Å². The highest BCUT2D eigenvalue weighted by atomic mass is 16.2. The zero-order valence-electron chi connectivity index (χ0n) is 17.9. The monoisotopic (exact) mass is 417 g/mol. The lowest BCUT2D eigenvalue weighted by Gasteiger charge is -2.32. The molecule has 1 aliphatic heterocycles. The molecule has 1 saturated heterocycles. The maximum atomic E-state index is 12.5. The van der Waals surface area contributed by atoms with Crippen LogP contribution in [0.15, 0.2) is 48.7 Å². The van der Waals surface area contributed by atoms with Gasteiger partial charge in [-0.25, -0.2) is 4.98 Å². The van der Waals surface area contributed by atoms with Gasteiger partial charge in [-0.1, -0.05) is 6.07 Å². The first-order valence-corrected chi connectivity index (χ1v) is 10.6. The average molecular weight is 418 g/mol. The van der Waals surface area contributed by atoms with Crippen LogP contribution in [0, 0.1) is 12.8 Å². The van der Waals surface area contributed by atoms with Crippen molar-refractivity contribution in [3.8, 4) is 0 Å². The minimum Gasteiger partial charge on any atom is -0.357 e. The highest BCUT2D eigenvalue weighted by Gasteiger charge is 2.25. The Morgan fingerprint density at radius 3 is 2.65 bits per heavy atom. The number of aryl methyl sites for hydroxylation is 1. The number of piperidine rings is 1. The summed E-state index contributed by atoms with van der Waals surface area (Å²) >= 11 is 0. The van der Waals surface area contributed by atoms with Gasteiger partial charge >= 0.3 is 0 Å². The van der Waals surface area contributed by atoms with E-state index in [2.05, 4.69) is 33.5 Å². The van der Waals surface area contributed by atoms with Gasteiger partial charge in [0.05, 0.1) is 17.8 Å². The lowest BCUT2D eigenvalue weighted by atomic mass is 9.95. The van der Waals surface area contributed by atoms with Crippen LogP contribution in [0.1, 0.15) is 31.0 Å². The molecular formula is C24H27N5O2. The number of rotatable bonds is 5. The molecule has 160 valence electrons. The van der Waals surface area contributed by atoms with Crippen LogP contribution in [0.5, 0.6) is 0 Å². The maximum Gasteiger partial charge on any atom is 0.223 e. The van der Waals surface area contributed by atoms with Gasteiger partial charge in [0.1, 0.15) is 5.82 Å². The van der Waals surface area contributed by atoms with Crippen LogP contribution in [-0.4, -0.2) is 34.9 Å². The van der Waals surface area contributed by atoms with Gasteiger partial charge in [-0.15, -0.1) is 0 Å². The number of nitrogens with one attached hydrogen (secondary N) is 2. The molecule has 3 heterocycles. The zero-order valence-corrected chi connectivity index (χ0v) is 17.9. The Hall–Kier alpha value is -3.48. The fourth-order valence-corrected chi connectivity index (χ4v) is 4.01. The third kappa shape index (κ3) is 4.99. The zero-order chi connectivity index (χ0) is 21.8. The Labute approximate surface area is 181 Å². The van der Waals surface area contributed by atoms with Crippen LogP contribution in [0.2, 0.25) is 0 Å². The van der Waals surface area contributed by atoms with Crippen molar-refractivity contribution in [2.24, 2.45) is 5.92 Å². The average Bonchev–Trinajstić information content (AvgIpc) is 2.78. The predicted octanol–water partition coefficient (Wildman–Crippen LogP) is 3.43. The van der Waals surface area contributed by atoms with Crippen molar-refractivity contribution in [2.45, 2.75) is 33.2 Å². The van der Waals surface area contributed by atoms with E-state index in [1.54, 1.807) is 6.20 Å². The minimum atomic E-state index is -0.0893. The third-order valence-electron chi connectivity index (χ3n) is 5.68. The van der Waals surface area contributed by atoms with E-state index in [4.69, 9.17) is 4.98 Å². The number of hydrogen-bond acceptors (Lipinski definition) is 5. The fourth-order valence-electron chi connectivity index (χ4n) is 4.01. The Bertz CT molecular complexity index is 1090. The number of aromatic nitrogens is 2. The summed E-state index contributed by atoms with van der Waals surface area (Å²) in [4.78, 5) is 35.2. The van der Waals surface area contributed by atoms with Crippen molar-refractivity contribution in [1.82, 2.24) is 15.3 Å². The van der Waals surface area contributed by atoms with Gasteiger partial charge in [0.15, 0.2) is 0 Å². The first-order valence-electron chi connectivity index (χ1n) is 10.6. The molecule has 1 fully saturated rings. The maximum absolute atomic E-state index is 12.5. The van der Waals surface area contributed by atoms with Crippen molar-refractivity contribution in [1.29, 1.82) is 0 Å². The lowest BCUT2D eigenvalue weighted by Crippen LogP contribution is -2.40. The lowest BCUT2D eigenvalue weighted by molar-refractivity contribution is -0.125. The molecule has 0 atom stereocenters. The van der Waals surface area contributed by atoms with E-state index in [-0.39, 0.29) is 17.7 Å². The number of benzene rings is 1. The van der Waals surface area contributed by atoms with E-state index in [9.17, 15) is 9.59 Å². The molecule has 1 aliphatic rings. The number of carbonyl (C=O) groups excluding carboxylic acids is 2. The minimum absolute atomic E-state index is 0.0155. The molecule has 2 N–H and O–H groups in total. The van der Waals surface area contributed by atoms with E-state index >= 15 is 0 Å². The van der Waals surface area contributed by atoms with Crippen molar-refractivity contribution >= 4 is 34.2 Å². The van der Waals surface area contributed by atoms with Crippen LogP contribution < -0.4 is 15.5 Å². The Morgan fingerprint density at radius 2 is 1.94 bits per heavy atom. The summed E-state index contributed by atoms with van der Waals surface area (Å²) in [6, 6.07) is 13.6. The van der Waals surface area contributed by atoms with Gasteiger partial charge in [0, 0.05) is 43.2 Å². The number of nitrogens with zero attached hydrogens (tertiary/aromatic N) is 3. The summed E-state index contributed by atoms with van der Waals surface area (Å²) in [6.07, 6.45) is 3.34. The van der Waals surface area contributed by atoms with Crippen LogP contribution >= 0.6 is 0 Å². The number of fused-ring (bicyclic) bond motifs is 1. The smallest absolute Gasteiger partial charge is 0.223 e. The first kappa shape index (κ1) is 20.8. The van der Waals surface area contributed by atoms with Gasteiger partial charge in [-0.2, -0.15) is 0 Å². The molecule has 7 nitrogen and oxygen atoms in total. The molecule has 4 rings (SSSR count). The molecule has 0 radical (unpaired) electrons. The number of amides is 2. The molecular weight excluding hydrogens is 390 g/mol. The van der Waals surface area contributed by atoms with E-state index in [1.807, 2.05) is 36.4 Å². The second-order valence-corrected chi connectivity index (χ2v) is 8.01. The largest absolute Gasteiger partial charge is 0.357 e. The van der Waals surface area contributed by atoms with Gasteiger partial charge < -0.3 is 15.5 Å². The standard InChI is InChI=1S/C24H27N5O2/c1-16-13-23(28-22-7-6-19(14-21(16)22)27-17(2)30)29-11-8-18(9-12-29)24(31)26-15-20-5-3-4-10-25-20/h3-7,10,13-14,18H,8-9,11-12,15H2,1-2H3,(H,26,31)(H,27,30). The Morgan fingerprint density at radius 1 is 1.13 bits per heavy atom. The van der Waals surface area contributed by atoms with Gasteiger partial charge in [0.2, 0.25) is 11.8 Å². The molecule has 0 unspecified atom stereocenters. The quantitative estimate of drug-likeness (QED) is 0.664. The molecule has 1 aromatic carbocycles. The molecule has 0 spiro atoms. The molecule has 0 bridgehead atoms. The van der Waals surface area contributed by atoms with Crippen molar-refractivity contribution < 1.29 is 9.59 Å². The highest BCUT2D eigenvalue weighted by molar-refractivity contribution is 5.93. The van der Waals surface area contributed by atoms with Crippen LogP contribution in [-0.2, 0) is 16.1 Å². The molecule has 31 heavy (non-hydrogen) atoms. The predicted molar refractivity (Wildman–Crippen MR) is 122 cm³/mol. The summed E-state index contributed by atoms with van der Waals surface area (Å²) in [5, 5.41) is 6.86. The fraction of sp³-hybridized carbons (Fsp3) is 0.333. The first-order chi connectivity index (χ1) is 15.0. The summed E-state index contributed by atoms with van der Waals surface area (Å²) in [5.74, 6) is 0.957. The van der Waals surface area contributed by atoms with Gasteiger partial charge in [-0.05, 0) is 61.7 Å². The summed E-state index contributed by atoms with van der Waals surface area (Å²) in [7, 11) is 0. The highest BCUT2D eigenvalue weighted by Crippen LogP contribution is 2.28. The molecule has 0 saturated carbocycles. The normalized spacial score (nSPS) is 14.5. The number of pyridine rings is 2. The van der Waals surface area contributed by atoms with Gasteiger partial charge in [0.25, 0.3) is 0 Å². The Kier molecular flexibility index (Phi) is 6.11. The van der Waals surface area contributed by atoms with Crippen molar-refractivity contribution in [3.63, 3.8) is 0 Å². The van der Waals surface area contributed by atoms with E-state index in [0.717, 1.165) is 59.6 Å². The molecule has 0 aliphatic carbocycles. The molecule has 3 aromatic rings. The number of hydrogen-bond donors (Lipinski definition) is 2. The van der Waals surface area contributed by atoms with E-state index in [0.29, 0.717) is 6.54 Å². The SMILES string of the molecule is CC(=O)Nc1ccc2nc(N3CCC(C(=O)NCc4ccccn4)CC3)cc(C)c2c1. The Balaban J connectivity index is 1.39. The van der Waals surface area contributed by atoms with E-state index in [1.165, 1.54) is 6.92 Å². The molecule has 2 amide bonds. The summed E-state index contributed by atoms with van der Waals surface area (Å²) in [5.41, 5.74) is 3.66. The second-order valence-electron chi connectivity index (χ2n) is 8.01. The number of carbonyl (C=O) groups is 2. The molecule has 7 heteroatoms. The second kappa shape index (κ2) is 9.12. The summed E-state index contributed by atoms with van der Waals surface area (Å²) < 4.78 is 0. The van der Waals surface area contributed by atoms with E-state index < -0.39 is 0 Å². The number of anilines is 2. The van der Waals surface area contributed by atoms with Crippen molar-refractivity contribution in [3.05, 3.63) is 59.9 Å². The van der Waals surface area contributed by atoms with Crippen LogP contribution in [0.25, 0.3) is 10.9 Å². The summed E-state index contributed by atoms with van der Waals surface area (Å²) in [6.45, 7) is 5.61. The van der Waals surface area contributed by atoms with Gasteiger partial charge in [-0.3, -0.25) is 14.6 Å². The van der Waals surface area contributed by atoms with Crippen LogP contribution in [0.3, 0.4) is 0 Å².